The molecule has 1 heterocycles. The number of nitrogens with one attached hydrogen (secondary N) is 1. The van der Waals surface area contributed by atoms with Crippen LogP contribution in [-0.2, 0) is 6.42 Å². The van der Waals surface area contributed by atoms with E-state index < -0.39 is 0 Å². The average molecular weight is 237 g/mol. The zero-order valence-corrected chi connectivity index (χ0v) is 10.6. The maximum Gasteiger partial charge on any atom is 0.165 e. The van der Waals surface area contributed by atoms with Crippen LogP contribution in [0.2, 0.25) is 0 Å². The Hall–Kier alpha value is -1.09. The predicted molar refractivity (Wildman–Crippen MR) is 67.0 cm³/mol. The van der Waals surface area contributed by atoms with Gasteiger partial charge in [-0.15, -0.1) is 0 Å². The third-order valence-corrected chi connectivity index (χ3v) is 3.42. The van der Waals surface area contributed by atoms with Crippen LogP contribution < -0.4 is 10.1 Å². The van der Waals surface area contributed by atoms with E-state index in [0.717, 1.165) is 30.6 Å². The Bertz CT molecular complexity index is 363. The Morgan fingerprint density at radius 3 is 2.88 bits per heavy atom. The molecule has 1 aromatic carbocycles. The monoisotopic (exact) mass is 237 g/mol. The van der Waals surface area contributed by atoms with Crippen molar-refractivity contribution in [3.63, 3.8) is 0 Å². The molecular weight excluding hydrogens is 217 g/mol. The van der Waals surface area contributed by atoms with Gasteiger partial charge in [0.2, 0.25) is 0 Å². The van der Waals surface area contributed by atoms with Crippen molar-refractivity contribution in [3.8, 4) is 5.75 Å². The molecule has 1 aromatic rings. The molecule has 1 unspecified atom stereocenters. The second-order valence-electron chi connectivity index (χ2n) is 4.84. The van der Waals surface area contributed by atoms with E-state index in [-0.39, 0.29) is 5.82 Å². The van der Waals surface area contributed by atoms with Crippen LogP contribution in [0, 0.1) is 18.7 Å². The molecule has 0 spiro atoms. The Kier molecular flexibility index (Phi) is 4.00. The number of piperidine rings is 1. The number of halogens is 1. The summed E-state index contributed by atoms with van der Waals surface area (Å²) < 4.78 is 18.8. The first-order chi connectivity index (χ1) is 8.20. The standard InChI is InChI=1S/C14H20FNO/c1-10-6-12(8-13(15)14(10)17-2)7-11-4-3-5-16-9-11/h6,8,11,16H,3-5,7,9H2,1-2H3. The summed E-state index contributed by atoms with van der Waals surface area (Å²) in [5.74, 6) is 0.762. The third kappa shape index (κ3) is 2.97. The number of ether oxygens (including phenoxy) is 1. The van der Waals surface area contributed by atoms with Crippen LogP contribution in [0.4, 0.5) is 4.39 Å². The summed E-state index contributed by atoms with van der Waals surface area (Å²) in [6.45, 7) is 4.06. The average Bonchev–Trinajstić information content (AvgIpc) is 2.30. The molecule has 0 amide bonds. The van der Waals surface area contributed by atoms with E-state index in [1.165, 1.54) is 20.0 Å². The van der Waals surface area contributed by atoms with Gasteiger partial charge in [0, 0.05) is 0 Å². The van der Waals surface area contributed by atoms with Crippen LogP contribution in [0.25, 0.3) is 0 Å². The van der Waals surface area contributed by atoms with E-state index in [1.54, 1.807) is 6.07 Å². The molecule has 2 nitrogen and oxygen atoms in total. The smallest absolute Gasteiger partial charge is 0.165 e. The number of hydrogen-bond donors (Lipinski definition) is 1. The summed E-state index contributed by atoms with van der Waals surface area (Å²) in [5.41, 5.74) is 1.96. The minimum Gasteiger partial charge on any atom is -0.493 e. The highest BCUT2D eigenvalue weighted by atomic mass is 19.1. The van der Waals surface area contributed by atoms with E-state index >= 15 is 0 Å². The van der Waals surface area contributed by atoms with Gasteiger partial charge in [-0.25, -0.2) is 4.39 Å². The molecule has 1 atom stereocenters. The molecule has 2 rings (SSSR count). The van der Waals surface area contributed by atoms with Gasteiger partial charge in [-0.3, -0.25) is 0 Å². The molecule has 1 aliphatic rings. The van der Waals surface area contributed by atoms with E-state index in [2.05, 4.69) is 5.32 Å². The first-order valence-corrected chi connectivity index (χ1v) is 6.24. The molecule has 1 aliphatic heterocycles. The summed E-state index contributed by atoms with van der Waals surface area (Å²) >= 11 is 0. The molecule has 0 saturated carbocycles. The first-order valence-electron chi connectivity index (χ1n) is 6.24. The molecule has 3 heteroatoms. The lowest BCUT2D eigenvalue weighted by molar-refractivity contribution is 0.371. The summed E-state index contributed by atoms with van der Waals surface area (Å²) in [6, 6.07) is 3.65. The Balaban J connectivity index is 2.10. The summed E-state index contributed by atoms with van der Waals surface area (Å²) in [6.07, 6.45) is 3.41. The van der Waals surface area contributed by atoms with Crippen LogP contribution in [-0.4, -0.2) is 20.2 Å². The van der Waals surface area contributed by atoms with E-state index in [4.69, 9.17) is 4.74 Å². The van der Waals surface area contributed by atoms with Gasteiger partial charge < -0.3 is 10.1 Å². The van der Waals surface area contributed by atoms with E-state index in [0.29, 0.717) is 11.7 Å². The van der Waals surface area contributed by atoms with Crippen molar-refractivity contribution in [1.29, 1.82) is 0 Å². The minimum atomic E-state index is -0.244. The largest absolute Gasteiger partial charge is 0.493 e. The lowest BCUT2D eigenvalue weighted by Gasteiger charge is -2.23. The van der Waals surface area contributed by atoms with E-state index in [1.807, 2.05) is 13.0 Å². The molecule has 1 saturated heterocycles. The van der Waals surface area contributed by atoms with Crippen molar-refractivity contribution >= 4 is 0 Å². The van der Waals surface area contributed by atoms with Gasteiger partial charge in [0.1, 0.15) is 0 Å². The van der Waals surface area contributed by atoms with Gasteiger partial charge in [-0.05, 0) is 62.4 Å². The molecule has 1 fully saturated rings. The molecule has 1 N–H and O–H groups in total. The molecule has 0 aliphatic carbocycles. The highest BCUT2D eigenvalue weighted by molar-refractivity contribution is 5.38. The summed E-state index contributed by atoms with van der Waals surface area (Å²) in [4.78, 5) is 0. The number of rotatable bonds is 3. The first kappa shape index (κ1) is 12.4. The van der Waals surface area contributed by atoms with Gasteiger partial charge in [0.15, 0.2) is 11.6 Å². The highest BCUT2D eigenvalue weighted by Crippen LogP contribution is 2.25. The number of benzene rings is 1. The zero-order valence-electron chi connectivity index (χ0n) is 10.6. The van der Waals surface area contributed by atoms with Gasteiger partial charge in [0.05, 0.1) is 7.11 Å². The van der Waals surface area contributed by atoms with Crippen molar-refractivity contribution in [1.82, 2.24) is 5.32 Å². The second kappa shape index (κ2) is 5.50. The van der Waals surface area contributed by atoms with Crippen LogP contribution >= 0.6 is 0 Å². The Morgan fingerprint density at radius 2 is 2.29 bits per heavy atom. The van der Waals surface area contributed by atoms with Gasteiger partial charge >= 0.3 is 0 Å². The van der Waals surface area contributed by atoms with Crippen molar-refractivity contribution in [2.45, 2.75) is 26.2 Å². The number of methoxy groups -OCH3 is 1. The zero-order chi connectivity index (χ0) is 12.3. The van der Waals surface area contributed by atoms with E-state index in [9.17, 15) is 4.39 Å². The predicted octanol–water partition coefficient (Wildman–Crippen LogP) is 2.68. The van der Waals surface area contributed by atoms with Crippen molar-refractivity contribution in [3.05, 3.63) is 29.1 Å². The number of hydrogen-bond acceptors (Lipinski definition) is 2. The van der Waals surface area contributed by atoms with Gasteiger partial charge in [-0.2, -0.15) is 0 Å². The summed E-state index contributed by atoms with van der Waals surface area (Å²) in [5, 5.41) is 3.39. The molecule has 94 valence electrons. The maximum atomic E-state index is 13.7. The van der Waals surface area contributed by atoms with Crippen molar-refractivity contribution < 1.29 is 9.13 Å². The van der Waals surface area contributed by atoms with Gasteiger partial charge in [0.25, 0.3) is 0 Å². The van der Waals surface area contributed by atoms with Crippen LogP contribution in [0.3, 0.4) is 0 Å². The third-order valence-electron chi connectivity index (χ3n) is 3.42. The normalized spacial score (nSPS) is 20.3. The lowest BCUT2D eigenvalue weighted by atomic mass is 9.91. The van der Waals surface area contributed by atoms with Crippen LogP contribution in [0.5, 0.6) is 5.75 Å². The fraction of sp³-hybridized carbons (Fsp3) is 0.571. The fourth-order valence-electron chi connectivity index (χ4n) is 2.61. The fourth-order valence-corrected chi connectivity index (χ4v) is 2.61. The summed E-state index contributed by atoms with van der Waals surface area (Å²) in [7, 11) is 1.51. The Morgan fingerprint density at radius 1 is 1.47 bits per heavy atom. The topological polar surface area (TPSA) is 21.3 Å². The molecule has 17 heavy (non-hydrogen) atoms. The number of aryl methyl sites for hydroxylation is 1. The second-order valence-corrected chi connectivity index (χ2v) is 4.84. The maximum absolute atomic E-state index is 13.7. The van der Waals surface area contributed by atoms with Crippen molar-refractivity contribution in [2.24, 2.45) is 5.92 Å². The molecule has 0 aromatic heterocycles. The van der Waals surface area contributed by atoms with Crippen LogP contribution in [0.15, 0.2) is 12.1 Å². The minimum absolute atomic E-state index is 0.244. The quantitative estimate of drug-likeness (QED) is 0.872. The lowest BCUT2D eigenvalue weighted by Crippen LogP contribution is -2.30. The molecule has 0 radical (unpaired) electrons. The highest BCUT2D eigenvalue weighted by Gasteiger charge is 2.15. The van der Waals surface area contributed by atoms with Gasteiger partial charge in [-0.1, -0.05) is 6.07 Å². The SMILES string of the molecule is COc1c(C)cc(CC2CCCNC2)cc1F. The Labute approximate surface area is 102 Å². The van der Waals surface area contributed by atoms with Crippen molar-refractivity contribution in [2.75, 3.05) is 20.2 Å². The molecular formula is C14H20FNO. The molecule has 0 bridgehead atoms. The van der Waals surface area contributed by atoms with Crippen LogP contribution in [0.1, 0.15) is 24.0 Å².